The summed E-state index contributed by atoms with van der Waals surface area (Å²) >= 11 is 2.31. The third-order valence-electron chi connectivity index (χ3n) is 5.86. The Morgan fingerprint density at radius 2 is 1.41 bits per heavy atom. The second-order valence-electron chi connectivity index (χ2n) is 8.08. The van der Waals surface area contributed by atoms with Crippen molar-refractivity contribution in [1.82, 2.24) is 24.8 Å². The molecular formula is C25H21IN6. The average molecular weight is 532 g/mol. The molecule has 158 valence electrons. The lowest BCUT2D eigenvalue weighted by atomic mass is 10.2. The number of hydrogen-bond acceptors (Lipinski definition) is 4. The Balaban J connectivity index is 1.34. The van der Waals surface area contributed by atoms with Gasteiger partial charge in [-0.25, -0.2) is 9.97 Å². The molecule has 2 aromatic heterocycles. The third-order valence-corrected chi connectivity index (χ3v) is 6.58. The normalized spacial score (nSPS) is 14.1. The molecule has 0 saturated carbocycles. The summed E-state index contributed by atoms with van der Waals surface area (Å²) in [4.78, 5) is 21.0. The fourth-order valence-electron chi connectivity index (χ4n) is 4.04. The van der Waals surface area contributed by atoms with E-state index in [0.717, 1.165) is 57.9 Å². The fraction of sp³-hybridized carbons (Fsp3) is 0.120. The number of halogens is 1. The molecule has 2 N–H and O–H groups in total. The first-order chi connectivity index (χ1) is 15.6. The first kappa shape index (κ1) is 19.4. The maximum Gasteiger partial charge on any atom is 0.138 e. The molecule has 1 aliphatic heterocycles. The second-order valence-corrected chi connectivity index (χ2v) is 9.33. The number of likely N-dealkylation sites (N-methyl/N-ethyl adjacent to an activating group) is 1. The molecule has 5 aromatic rings. The molecular weight excluding hydrogens is 511 g/mol. The molecule has 0 spiro atoms. The molecule has 0 saturated heterocycles. The van der Waals surface area contributed by atoms with Crippen molar-refractivity contribution in [2.45, 2.75) is 0 Å². The zero-order valence-electron chi connectivity index (χ0n) is 17.5. The largest absolute Gasteiger partial charge is 0.377 e. The molecule has 0 aliphatic carbocycles. The van der Waals surface area contributed by atoms with Gasteiger partial charge in [0.15, 0.2) is 0 Å². The van der Waals surface area contributed by atoms with E-state index in [9.17, 15) is 0 Å². The molecule has 0 amide bonds. The molecule has 1 aliphatic rings. The van der Waals surface area contributed by atoms with Crippen LogP contribution in [0.5, 0.6) is 0 Å². The monoisotopic (exact) mass is 532 g/mol. The number of nitrogens with zero attached hydrogens (tertiary/aromatic N) is 4. The van der Waals surface area contributed by atoms with E-state index in [4.69, 9.17) is 9.97 Å². The van der Waals surface area contributed by atoms with Gasteiger partial charge in [-0.3, -0.25) is 0 Å². The molecule has 0 bridgehead atoms. The first-order valence-electron chi connectivity index (χ1n) is 10.5. The van der Waals surface area contributed by atoms with Crippen molar-refractivity contribution in [3.8, 4) is 22.8 Å². The third kappa shape index (κ3) is 3.52. The number of anilines is 1. The Hall–Kier alpha value is -3.33. The van der Waals surface area contributed by atoms with E-state index in [1.807, 2.05) is 6.07 Å². The Kier molecular flexibility index (Phi) is 4.64. The summed E-state index contributed by atoms with van der Waals surface area (Å²) in [7, 11) is 2.10. The SMILES string of the molecule is CN1C=CN(c2ccc3nc(-c4ccc5nc(-c6ccc(I)cc6)[nH]c5c4)[nH]c3c2)CC1. The van der Waals surface area contributed by atoms with Gasteiger partial charge < -0.3 is 19.8 Å². The van der Waals surface area contributed by atoms with Gasteiger partial charge in [-0.15, -0.1) is 0 Å². The molecule has 32 heavy (non-hydrogen) atoms. The van der Waals surface area contributed by atoms with Crippen LogP contribution in [0.1, 0.15) is 0 Å². The highest BCUT2D eigenvalue weighted by molar-refractivity contribution is 14.1. The molecule has 0 fully saturated rings. The standard InChI is InChI=1S/C25H21IN6/c1-31-10-12-32(13-11-31)19-7-9-21-23(15-19)30-25(28-21)17-4-8-20-22(14-17)29-24(27-20)16-2-5-18(26)6-3-16/h2-10,12,14-15H,11,13H2,1H3,(H,27,29)(H,28,30). The van der Waals surface area contributed by atoms with E-state index in [0.29, 0.717) is 0 Å². The van der Waals surface area contributed by atoms with Crippen LogP contribution in [-0.4, -0.2) is 45.0 Å². The van der Waals surface area contributed by atoms with Crippen LogP contribution in [-0.2, 0) is 0 Å². The van der Waals surface area contributed by atoms with Crippen LogP contribution in [0, 0.1) is 3.57 Å². The van der Waals surface area contributed by atoms with E-state index >= 15 is 0 Å². The number of rotatable bonds is 3. The minimum absolute atomic E-state index is 0.860. The Morgan fingerprint density at radius 1 is 0.750 bits per heavy atom. The van der Waals surface area contributed by atoms with Crippen LogP contribution in [0.4, 0.5) is 5.69 Å². The summed E-state index contributed by atoms with van der Waals surface area (Å²) in [5, 5.41) is 0. The molecule has 6 rings (SSSR count). The second kappa shape index (κ2) is 7.67. The Bertz CT molecular complexity index is 1460. The van der Waals surface area contributed by atoms with Crippen LogP contribution in [0.2, 0.25) is 0 Å². The lowest BCUT2D eigenvalue weighted by Crippen LogP contribution is -2.32. The molecule has 0 unspecified atom stereocenters. The van der Waals surface area contributed by atoms with Gasteiger partial charge in [0.2, 0.25) is 0 Å². The zero-order valence-corrected chi connectivity index (χ0v) is 19.7. The molecule has 0 atom stereocenters. The van der Waals surface area contributed by atoms with Crippen LogP contribution >= 0.6 is 22.6 Å². The topological polar surface area (TPSA) is 63.8 Å². The summed E-state index contributed by atoms with van der Waals surface area (Å²) in [5.41, 5.74) is 7.23. The summed E-state index contributed by atoms with van der Waals surface area (Å²) in [5.74, 6) is 1.74. The van der Waals surface area contributed by atoms with E-state index in [-0.39, 0.29) is 0 Å². The predicted molar refractivity (Wildman–Crippen MR) is 138 cm³/mol. The van der Waals surface area contributed by atoms with Crippen molar-refractivity contribution in [2.75, 3.05) is 25.0 Å². The maximum atomic E-state index is 4.83. The van der Waals surface area contributed by atoms with Gasteiger partial charge in [-0.2, -0.15) is 0 Å². The van der Waals surface area contributed by atoms with E-state index < -0.39 is 0 Å². The van der Waals surface area contributed by atoms with Crippen molar-refractivity contribution in [1.29, 1.82) is 0 Å². The van der Waals surface area contributed by atoms with Crippen LogP contribution in [0.3, 0.4) is 0 Å². The molecule has 3 heterocycles. The Labute approximate surface area is 199 Å². The van der Waals surface area contributed by atoms with Crippen LogP contribution in [0.25, 0.3) is 44.8 Å². The van der Waals surface area contributed by atoms with Gasteiger partial charge in [0.05, 0.1) is 22.1 Å². The van der Waals surface area contributed by atoms with E-state index in [1.165, 1.54) is 9.26 Å². The van der Waals surface area contributed by atoms with Crippen LogP contribution in [0.15, 0.2) is 73.1 Å². The molecule has 3 aromatic carbocycles. The molecule has 0 radical (unpaired) electrons. The highest BCUT2D eigenvalue weighted by Gasteiger charge is 2.13. The smallest absolute Gasteiger partial charge is 0.138 e. The minimum Gasteiger partial charge on any atom is -0.377 e. The van der Waals surface area contributed by atoms with Crippen molar-refractivity contribution < 1.29 is 0 Å². The van der Waals surface area contributed by atoms with Gasteiger partial charge in [0.1, 0.15) is 11.6 Å². The maximum absolute atomic E-state index is 4.83. The van der Waals surface area contributed by atoms with Crippen molar-refractivity contribution in [2.24, 2.45) is 0 Å². The summed E-state index contributed by atoms with van der Waals surface area (Å²) in [6, 6.07) is 21.0. The first-order valence-corrected chi connectivity index (χ1v) is 11.6. The van der Waals surface area contributed by atoms with Crippen molar-refractivity contribution in [3.63, 3.8) is 0 Å². The quantitative estimate of drug-likeness (QED) is 0.297. The predicted octanol–water partition coefficient (Wildman–Crippen LogP) is 5.60. The van der Waals surface area contributed by atoms with Gasteiger partial charge in [0.25, 0.3) is 0 Å². The highest BCUT2D eigenvalue weighted by Crippen LogP contribution is 2.28. The summed E-state index contributed by atoms with van der Waals surface area (Å²) < 4.78 is 1.21. The van der Waals surface area contributed by atoms with Gasteiger partial charge in [-0.1, -0.05) is 12.1 Å². The number of nitrogens with one attached hydrogen (secondary N) is 2. The average Bonchev–Trinajstić information content (AvgIpc) is 3.43. The lowest BCUT2D eigenvalue weighted by Gasteiger charge is -2.28. The molecule has 7 heteroatoms. The zero-order chi connectivity index (χ0) is 21.7. The number of aromatic amines is 2. The van der Waals surface area contributed by atoms with Crippen LogP contribution < -0.4 is 4.90 Å². The van der Waals surface area contributed by atoms with Crippen molar-refractivity contribution >= 4 is 50.3 Å². The number of hydrogen-bond donors (Lipinski definition) is 2. The summed E-state index contributed by atoms with van der Waals surface area (Å²) in [6.45, 7) is 1.98. The van der Waals surface area contributed by atoms with Crippen molar-refractivity contribution in [3.05, 3.63) is 76.6 Å². The fourth-order valence-corrected chi connectivity index (χ4v) is 4.40. The number of benzene rings is 3. The van der Waals surface area contributed by atoms with E-state index in [2.05, 4.69) is 116 Å². The minimum atomic E-state index is 0.860. The number of fused-ring (bicyclic) bond motifs is 2. The number of imidazole rings is 2. The van der Waals surface area contributed by atoms with Gasteiger partial charge in [0, 0.05) is 52.9 Å². The van der Waals surface area contributed by atoms with Gasteiger partial charge >= 0.3 is 0 Å². The number of H-pyrrole nitrogens is 2. The molecule has 6 nitrogen and oxygen atoms in total. The van der Waals surface area contributed by atoms with Gasteiger partial charge in [-0.05, 0) is 71.1 Å². The Morgan fingerprint density at radius 3 is 2.12 bits per heavy atom. The summed E-state index contributed by atoms with van der Waals surface area (Å²) in [6.07, 6.45) is 4.23. The van der Waals surface area contributed by atoms with E-state index in [1.54, 1.807) is 0 Å². The lowest BCUT2D eigenvalue weighted by molar-refractivity contribution is 0.447. The number of aromatic nitrogens is 4. The highest BCUT2D eigenvalue weighted by atomic mass is 127.